The zero-order valence-electron chi connectivity index (χ0n) is 16.0. The lowest BCUT2D eigenvalue weighted by molar-refractivity contribution is -0.322. The number of carbonyl (C=O) groups excluding carboxylic acids is 2. The number of aliphatic hydroxyl groups excluding tert-OH is 1. The van der Waals surface area contributed by atoms with Crippen molar-refractivity contribution in [1.82, 2.24) is 10.6 Å². The fourth-order valence-electron chi connectivity index (χ4n) is 2.87. The average Bonchev–Trinajstić information content (AvgIpc) is 2.60. The number of ether oxygens (including phenoxy) is 2. The molecule has 1 aliphatic rings. The fourth-order valence-corrected chi connectivity index (χ4v) is 2.87. The second kappa shape index (κ2) is 10.9. The Hall–Kier alpha value is -2.24. The Kier molecular flexibility index (Phi) is 9.29. The molecule has 0 radical (unpaired) electrons. The summed E-state index contributed by atoms with van der Waals surface area (Å²) in [6.07, 6.45) is -0.596. The number of hydrogen-bond donors (Lipinski definition) is 5. The van der Waals surface area contributed by atoms with Crippen LogP contribution in [0.1, 0.15) is 52.4 Å². The second-order valence-corrected chi connectivity index (χ2v) is 6.58. The monoisotopic (exact) mass is 404 g/mol. The maximum absolute atomic E-state index is 11.8. The minimum absolute atomic E-state index is 0.00278. The van der Waals surface area contributed by atoms with E-state index in [1.165, 1.54) is 6.92 Å². The van der Waals surface area contributed by atoms with Gasteiger partial charge in [-0.05, 0) is 12.8 Å². The standard InChI is InChI=1S/C17H28N2O9/c1-3-12(21)19-11-9-17(16(25)26,27-8-6-4-5-7-13(22)23)28-15(24)14(11)18-10(2)20/h11,14-15,24H,3-9H2,1-2H3,(H,18,20)(H,19,21)(H,22,23)(H,25,26)/t11-,14+,15+,17+/m0/s1. The van der Waals surface area contributed by atoms with Gasteiger partial charge in [0.15, 0.2) is 6.29 Å². The van der Waals surface area contributed by atoms with Gasteiger partial charge in [-0.1, -0.05) is 13.3 Å². The minimum Gasteiger partial charge on any atom is -0.481 e. The SMILES string of the molecule is CCC(=O)N[C@H]1C[C@](OCCCCCC(=O)O)(C(=O)O)O[C@@H](O)[C@@H]1NC(C)=O. The van der Waals surface area contributed by atoms with Crippen LogP contribution in [0.25, 0.3) is 0 Å². The van der Waals surface area contributed by atoms with E-state index >= 15 is 0 Å². The zero-order valence-corrected chi connectivity index (χ0v) is 16.0. The maximum atomic E-state index is 11.8. The number of rotatable bonds is 11. The Morgan fingerprint density at radius 3 is 2.36 bits per heavy atom. The summed E-state index contributed by atoms with van der Waals surface area (Å²) in [5.74, 6) is -5.46. The maximum Gasteiger partial charge on any atom is 0.364 e. The van der Waals surface area contributed by atoms with Crippen molar-refractivity contribution >= 4 is 23.8 Å². The molecule has 0 unspecified atom stereocenters. The van der Waals surface area contributed by atoms with E-state index in [4.69, 9.17) is 14.6 Å². The molecule has 0 aromatic heterocycles. The van der Waals surface area contributed by atoms with Gasteiger partial charge in [-0.15, -0.1) is 0 Å². The summed E-state index contributed by atoms with van der Waals surface area (Å²) in [5.41, 5.74) is 0. The van der Waals surface area contributed by atoms with Crippen LogP contribution >= 0.6 is 0 Å². The minimum atomic E-state index is -2.20. The lowest BCUT2D eigenvalue weighted by atomic mass is 9.94. The number of carboxylic acids is 2. The molecular formula is C17H28N2O9. The van der Waals surface area contributed by atoms with Crippen LogP contribution < -0.4 is 10.6 Å². The molecule has 0 aromatic rings. The van der Waals surface area contributed by atoms with Gasteiger partial charge in [0.25, 0.3) is 5.79 Å². The number of carboxylic acid groups (broad SMARTS) is 2. The molecule has 5 N–H and O–H groups in total. The summed E-state index contributed by atoms with van der Waals surface area (Å²) in [6.45, 7) is 2.78. The highest BCUT2D eigenvalue weighted by Crippen LogP contribution is 2.31. The molecule has 4 atom stereocenters. The van der Waals surface area contributed by atoms with Crippen LogP contribution in [0.2, 0.25) is 0 Å². The molecule has 2 amide bonds. The first-order valence-electron chi connectivity index (χ1n) is 9.12. The number of amides is 2. The summed E-state index contributed by atoms with van der Waals surface area (Å²) in [4.78, 5) is 45.5. The second-order valence-electron chi connectivity index (χ2n) is 6.58. The Bertz CT molecular complexity index is 583. The van der Waals surface area contributed by atoms with E-state index in [1.54, 1.807) is 6.92 Å². The van der Waals surface area contributed by atoms with Gasteiger partial charge in [-0.2, -0.15) is 0 Å². The molecule has 1 saturated heterocycles. The first-order chi connectivity index (χ1) is 13.1. The molecule has 160 valence electrons. The quantitative estimate of drug-likeness (QED) is 0.286. The van der Waals surface area contributed by atoms with Gasteiger partial charge in [-0.25, -0.2) is 4.79 Å². The third-order valence-corrected chi connectivity index (χ3v) is 4.27. The average molecular weight is 404 g/mol. The predicted molar refractivity (Wildman–Crippen MR) is 94.0 cm³/mol. The van der Waals surface area contributed by atoms with E-state index in [0.717, 1.165) is 0 Å². The molecule has 28 heavy (non-hydrogen) atoms. The van der Waals surface area contributed by atoms with Crippen molar-refractivity contribution in [3.63, 3.8) is 0 Å². The number of unbranched alkanes of at least 4 members (excludes halogenated alkanes) is 2. The van der Waals surface area contributed by atoms with Crippen LogP contribution in [0.4, 0.5) is 0 Å². The summed E-state index contributed by atoms with van der Waals surface area (Å²) in [7, 11) is 0. The van der Waals surface area contributed by atoms with Gasteiger partial charge in [0.1, 0.15) is 6.04 Å². The van der Waals surface area contributed by atoms with Crippen LogP contribution in [0, 0.1) is 0 Å². The van der Waals surface area contributed by atoms with Crippen molar-refractivity contribution in [2.45, 2.75) is 76.5 Å². The van der Waals surface area contributed by atoms with Gasteiger partial charge < -0.3 is 35.4 Å². The molecule has 1 fully saturated rings. The lowest BCUT2D eigenvalue weighted by Crippen LogP contribution is -2.67. The topological polar surface area (TPSA) is 171 Å². The molecule has 0 saturated carbocycles. The molecule has 1 heterocycles. The smallest absolute Gasteiger partial charge is 0.364 e. The van der Waals surface area contributed by atoms with Crippen LogP contribution in [0.5, 0.6) is 0 Å². The third-order valence-electron chi connectivity index (χ3n) is 4.27. The van der Waals surface area contributed by atoms with Gasteiger partial charge >= 0.3 is 11.9 Å². The summed E-state index contributed by atoms with van der Waals surface area (Å²) < 4.78 is 10.6. The number of aliphatic carboxylic acids is 2. The molecule has 0 aliphatic carbocycles. The first-order valence-corrected chi connectivity index (χ1v) is 9.12. The van der Waals surface area contributed by atoms with Crippen LogP contribution in [0.3, 0.4) is 0 Å². The Balaban J connectivity index is 2.84. The predicted octanol–water partition coefficient (Wildman–Crippen LogP) is -0.433. The molecular weight excluding hydrogens is 376 g/mol. The molecule has 11 nitrogen and oxygen atoms in total. The van der Waals surface area contributed by atoms with Gasteiger partial charge in [-0.3, -0.25) is 14.4 Å². The normalized spacial score (nSPS) is 27.0. The molecule has 0 aromatic carbocycles. The van der Waals surface area contributed by atoms with Crippen molar-refractivity contribution in [2.75, 3.05) is 6.61 Å². The van der Waals surface area contributed by atoms with E-state index in [-0.39, 0.29) is 31.8 Å². The highest BCUT2D eigenvalue weighted by atomic mass is 16.8. The van der Waals surface area contributed by atoms with E-state index in [2.05, 4.69) is 10.6 Å². The van der Waals surface area contributed by atoms with Crippen molar-refractivity contribution < 1.29 is 44.0 Å². The highest BCUT2D eigenvalue weighted by Gasteiger charge is 2.53. The van der Waals surface area contributed by atoms with E-state index in [1.807, 2.05) is 0 Å². The van der Waals surface area contributed by atoms with Crippen LogP contribution in [0.15, 0.2) is 0 Å². The van der Waals surface area contributed by atoms with Gasteiger partial charge in [0, 0.05) is 26.2 Å². The van der Waals surface area contributed by atoms with Crippen LogP contribution in [-0.2, 0) is 28.7 Å². The number of nitrogens with one attached hydrogen (secondary N) is 2. The van der Waals surface area contributed by atoms with E-state index in [0.29, 0.717) is 19.3 Å². The molecule has 0 spiro atoms. The molecule has 11 heteroatoms. The van der Waals surface area contributed by atoms with Gasteiger partial charge in [0.05, 0.1) is 12.6 Å². The highest BCUT2D eigenvalue weighted by molar-refractivity contribution is 5.78. The van der Waals surface area contributed by atoms with E-state index < -0.39 is 42.0 Å². The first kappa shape index (κ1) is 23.8. The van der Waals surface area contributed by atoms with Crippen LogP contribution in [-0.4, -0.2) is 69.8 Å². The summed E-state index contributed by atoms with van der Waals surface area (Å²) >= 11 is 0. The van der Waals surface area contributed by atoms with E-state index in [9.17, 15) is 29.4 Å². The summed E-state index contributed by atoms with van der Waals surface area (Å²) in [5, 5.41) is 33.5. The third kappa shape index (κ3) is 7.06. The number of hydrogen-bond acceptors (Lipinski definition) is 7. The fraction of sp³-hybridized carbons (Fsp3) is 0.765. The van der Waals surface area contributed by atoms with Crippen molar-refractivity contribution in [3.8, 4) is 0 Å². The largest absolute Gasteiger partial charge is 0.481 e. The Labute approximate surface area is 162 Å². The summed E-state index contributed by atoms with van der Waals surface area (Å²) in [6, 6.07) is -1.97. The van der Waals surface area contributed by atoms with Gasteiger partial charge in [0.2, 0.25) is 11.8 Å². The molecule has 0 bridgehead atoms. The van der Waals surface area contributed by atoms with Crippen molar-refractivity contribution in [1.29, 1.82) is 0 Å². The Morgan fingerprint density at radius 2 is 1.82 bits per heavy atom. The lowest BCUT2D eigenvalue weighted by Gasteiger charge is -2.44. The molecule has 1 aliphatic heterocycles. The Morgan fingerprint density at radius 1 is 1.14 bits per heavy atom. The number of aliphatic hydroxyl groups is 1. The molecule has 1 rings (SSSR count). The number of carbonyl (C=O) groups is 4. The van der Waals surface area contributed by atoms with Crippen molar-refractivity contribution in [3.05, 3.63) is 0 Å². The zero-order chi connectivity index (χ0) is 21.3. The van der Waals surface area contributed by atoms with Crippen molar-refractivity contribution in [2.24, 2.45) is 0 Å².